The summed E-state index contributed by atoms with van der Waals surface area (Å²) >= 11 is 0. The average Bonchev–Trinajstić information content (AvgIpc) is 3.07. The second kappa shape index (κ2) is 33.7. The van der Waals surface area contributed by atoms with Gasteiger partial charge in [-0.3, -0.25) is 0 Å². The zero-order valence-electron chi connectivity index (χ0n) is 30.9. The van der Waals surface area contributed by atoms with Crippen molar-refractivity contribution in [2.75, 3.05) is 13.2 Å². The summed E-state index contributed by atoms with van der Waals surface area (Å²) in [5, 5.41) is 9.45. The Labute approximate surface area is 291 Å². The van der Waals surface area contributed by atoms with E-state index < -0.39 is 5.97 Å². The Morgan fingerprint density at radius 2 is 0.830 bits per heavy atom. The molecule has 1 aromatic rings. The molecule has 1 rings (SSSR count). The average molecular weight is 655 g/mol. The van der Waals surface area contributed by atoms with Crippen LogP contribution in [0.3, 0.4) is 0 Å². The fourth-order valence-corrected chi connectivity index (χ4v) is 5.94. The Morgan fingerprint density at radius 3 is 1.21 bits per heavy atom. The van der Waals surface area contributed by atoms with Gasteiger partial charge in [0.2, 0.25) is 0 Å². The predicted octanol–water partition coefficient (Wildman–Crippen LogP) is 14.2. The highest BCUT2D eigenvalue weighted by Gasteiger charge is 2.11. The monoisotopic (exact) mass is 655 g/mol. The number of hydrogen-bond acceptors (Lipinski definition) is 3. The van der Waals surface area contributed by atoms with E-state index in [0.29, 0.717) is 24.7 Å². The maximum atomic E-state index is 11.5. The Morgan fingerprint density at radius 1 is 0.489 bits per heavy atom. The molecule has 0 heterocycles. The normalized spacial score (nSPS) is 11.6. The van der Waals surface area contributed by atoms with Crippen LogP contribution in [-0.4, -0.2) is 24.3 Å². The number of carboxylic acids is 1. The molecule has 0 amide bonds. The Kier molecular flexibility index (Phi) is 30.6. The predicted molar refractivity (Wildman–Crippen MR) is 203 cm³/mol. The van der Waals surface area contributed by atoms with Crippen LogP contribution in [0.1, 0.15) is 204 Å². The summed E-state index contributed by atoms with van der Waals surface area (Å²) in [6.45, 7) is 5.78. The summed E-state index contributed by atoms with van der Waals surface area (Å²) in [5.74, 6) is 0.279. The van der Waals surface area contributed by atoms with Crippen molar-refractivity contribution in [3.05, 3.63) is 48.1 Å². The molecule has 0 aromatic heterocycles. The third kappa shape index (κ3) is 27.4. The maximum absolute atomic E-state index is 11.5. The molecule has 270 valence electrons. The first-order valence-electron chi connectivity index (χ1n) is 20.1. The van der Waals surface area contributed by atoms with E-state index in [2.05, 4.69) is 38.2 Å². The SMILES string of the molecule is CCCCCCCCC=CCCCCCCCCOc1ccc(C(=O)O)cc1OCCCCCCCCC=CCCCCCCCC. The third-order valence-electron chi connectivity index (χ3n) is 9.02. The first-order valence-corrected chi connectivity index (χ1v) is 20.1. The number of benzene rings is 1. The van der Waals surface area contributed by atoms with Crippen molar-refractivity contribution in [1.29, 1.82) is 0 Å². The first kappa shape index (κ1) is 42.8. The molecule has 0 saturated heterocycles. The molecule has 0 fully saturated rings. The highest BCUT2D eigenvalue weighted by molar-refractivity contribution is 5.88. The van der Waals surface area contributed by atoms with E-state index in [1.54, 1.807) is 18.2 Å². The standard InChI is InChI=1S/C43H74O4/c1-3-5-7-9-11-13-15-17-19-21-23-25-27-29-31-33-37-46-41-36-35-40(43(44)45)39-42(41)47-38-34-32-30-28-26-24-22-20-18-16-14-12-10-8-6-4-2/h17-20,35-36,39H,3-16,21-34,37-38H2,1-2H3,(H,44,45). The highest BCUT2D eigenvalue weighted by atomic mass is 16.5. The van der Waals surface area contributed by atoms with Crippen LogP contribution < -0.4 is 9.47 Å². The summed E-state index contributed by atoms with van der Waals surface area (Å²) in [6.07, 6.45) is 45.4. The summed E-state index contributed by atoms with van der Waals surface area (Å²) in [4.78, 5) is 11.5. The first-order chi connectivity index (χ1) is 23.2. The molecule has 47 heavy (non-hydrogen) atoms. The topological polar surface area (TPSA) is 55.8 Å². The molecule has 0 unspecified atom stereocenters. The van der Waals surface area contributed by atoms with E-state index in [-0.39, 0.29) is 5.56 Å². The number of rotatable bonds is 35. The molecule has 1 aromatic carbocycles. The smallest absolute Gasteiger partial charge is 0.335 e. The van der Waals surface area contributed by atoms with Gasteiger partial charge in [-0.15, -0.1) is 0 Å². The van der Waals surface area contributed by atoms with Gasteiger partial charge in [-0.2, -0.15) is 0 Å². The van der Waals surface area contributed by atoms with Crippen LogP contribution in [0.4, 0.5) is 0 Å². The molecular formula is C43H74O4. The van der Waals surface area contributed by atoms with Gasteiger partial charge in [0.15, 0.2) is 11.5 Å². The zero-order chi connectivity index (χ0) is 33.9. The van der Waals surface area contributed by atoms with E-state index >= 15 is 0 Å². The van der Waals surface area contributed by atoms with E-state index in [4.69, 9.17) is 9.47 Å². The van der Waals surface area contributed by atoms with Crippen LogP contribution in [0.5, 0.6) is 11.5 Å². The number of unbranched alkanes of at least 4 members (excludes halogenated alkanes) is 24. The molecule has 1 N–H and O–H groups in total. The van der Waals surface area contributed by atoms with Crippen molar-refractivity contribution >= 4 is 5.97 Å². The molecule has 0 saturated carbocycles. The molecule has 0 atom stereocenters. The van der Waals surface area contributed by atoms with E-state index in [0.717, 1.165) is 25.7 Å². The largest absolute Gasteiger partial charge is 0.490 e. The van der Waals surface area contributed by atoms with Crippen molar-refractivity contribution in [2.45, 2.75) is 194 Å². The lowest BCUT2D eigenvalue weighted by atomic mass is 10.1. The van der Waals surface area contributed by atoms with E-state index in [9.17, 15) is 9.90 Å². The number of hydrogen-bond donors (Lipinski definition) is 1. The summed E-state index contributed by atoms with van der Waals surface area (Å²) < 4.78 is 12.1. The second-order valence-electron chi connectivity index (χ2n) is 13.5. The third-order valence-corrected chi connectivity index (χ3v) is 9.02. The fourth-order valence-electron chi connectivity index (χ4n) is 5.94. The van der Waals surface area contributed by atoms with Crippen LogP contribution in [0.25, 0.3) is 0 Å². The van der Waals surface area contributed by atoms with Crippen molar-refractivity contribution in [2.24, 2.45) is 0 Å². The molecule has 4 nitrogen and oxygen atoms in total. The summed E-state index contributed by atoms with van der Waals surface area (Å²) in [6, 6.07) is 4.97. The van der Waals surface area contributed by atoms with E-state index in [1.165, 1.54) is 154 Å². The van der Waals surface area contributed by atoms with Gasteiger partial charge in [0.25, 0.3) is 0 Å². The summed E-state index contributed by atoms with van der Waals surface area (Å²) in [5.41, 5.74) is 0.241. The quantitative estimate of drug-likeness (QED) is 0.0584. The molecular weight excluding hydrogens is 580 g/mol. The van der Waals surface area contributed by atoms with Gasteiger partial charge in [-0.25, -0.2) is 4.79 Å². The lowest BCUT2D eigenvalue weighted by molar-refractivity contribution is 0.0696. The minimum atomic E-state index is -0.938. The lowest BCUT2D eigenvalue weighted by Gasteiger charge is -2.13. The van der Waals surface area contributed by atoms with Gasteiger partial charge in [-0.05, 0) is 82.4 Å². The van der Waals surface area contributed by atoms with Crippen molar-refractivity contribution < 1.29 is 19.4 Å². The van der Waals surface area contributed by atoms with Gasteiger partial charge in [-0.1, -0.05) is 154 Å². The van der Waals surface area contributed by atoms with Crippen LogP contribution >= 0.6 is 0 Å². The molecule has 0 aliphatic heterocycles. The van der Waals surface area contributed by atoms with Crippen molar-refractivity contribution in [3.63, 3.8) is 0 Å². The molecule has 0 bridgehead atoms. The minimum Gasteiger partial charge on any atom is -0.490 e. The maximum Gasteiger partial charge on any atom is 0.335 e. The van der Waals surface area contributed by atoms with Crippen LogP contribution in [0.15, 0.2) is 42.5 Å². The lowest BCUT2D eigenvalue weighted by Crippen LogP contribution is -2.05. The fraction of sp³-hybridized carbons (Fsp3) is 0.744. The van der Waals surface area contributed by atoms with Gasteiger partial charge < -0.3 is 14.6 Å². The van der Waals surface area contributed by atoms with Crippen molar-refractivity contribution in [3.8, 4) is 11.5 Å². The molecule has 0 radical (unpaired) electrons. The Bertz CT molecular complexity index is 890. The number of allylic oxidation sites excluding steroid dienone is 4. The van der Waals surface area contributed by atoms with Gasteiger partial charge >= 0.3 is 5.97 Å². The molecule has 4 heteroatoms. The van der Waals surface area contributed by atoms with Crippen molar-refractivity contribution in [1.82, 2.24) is 0 Å². The van der Waals surface area contributed by atoms with Gasteiger partial charge in [0, 0.05) is 0 Å². The van der Waals surface area contributed by atoms with Crippen LogP contribution in [0, 0.1) is 0 Å². The Balaban J connectivity index is 2.08. The number of carbonyl (C=O) groups is 1. The van der Waals surface area contributed by atoms with Gasteiger partial charge in [0.05, 0.1) is 18.8 Å². The molecule has 0 aliphatic rings. The summed E-state index contributed by atoms with van der Waals surface area (Å²) in [7, 11) is 0. The van der Waals surface area contributed by atoms with E-state index in [1.807, 2.05) is 0 Å². The second-order valence-corrected chi connectivity index (χ2v) is 13.5. The number of carboxylic acid groups (broad SMARTS) is 1. The molecule has 0 spiro atoms. The number of ether oxygens (including phenoxy) is 2. The highest BCUT2D eigenvalue weighted by Crippen LogP contribution is 2.29. The Hall–Kier alpha value is -2.23. The molecule has 0 aliphatic carbocycles. The number of aromatic carboxylic acids is 1. The van der Waals surface area contributed by atoms with Crippen LogP contribution in [-0.2, 0) is 0 Å². The minimum absolute atomic E-state index is 0.241. The van der Waals surface area contributed by atoms with Gasteiger partial charge in [0.1, 0.15) is 0 Å². The zero-order valence-corrected chi connectivity index (χ0v) is 30.9. The van der Waals surface area contributed by atoms with Crippen LogP contribution in [0.2, 0.25) is 0 Å².